The van der Waals surface area contributed by atoms with Gasteiger partial charge in [-0.15, -0.1) is 0 Å². The SMILES string of the molecule is COCCCCN1CCC(C=O)CC1. The fraction of sp³-hybridized carbons (Fsp3) is 0.909. The Kier molecular flexibility index (Phi) is 5.80. The highest BCUT2D eigenvalue weighted by Crippen LogP contribution is 2.14. The Morgan fingerprint density at radius 3 is 2.64 bits per heavy atom. The molecule has 0 saturated carbocycles. The van der Waals surface area contributed by atoms with Gasteiger partial charge in [-0.1, -0.05) is 0 Å². The summed E-state index contributed by atoms with van der Waals surface area (Å²) in [7, 11) is 1.75. The Hall–Kier alpha value is -0.410. The minimum Gasteiger partial charge on any atom is -0.385 e. The van der Waals surface area contributed by atoms with Crippen LogP contribution >= 0.6 is 0 Å². The smallest absolute Gasteiger partial charge is 0.123 e. The first-order chi connectivity index (χ1) is 6.86. The predicted molar refractivity (Wildman–Crippen MR) is 56.3 cm³/mol. The molecule has 1 aliphatic rings. The van der Waals surface area contributed by atoms with Crippen molar-refractivity contribution in [1.82, 2.24) is 4.90 Å². The van der Waals surface area contributed by atoms with Crippen LogP contribution in [0.3, 0.4) is 0 Å². The molecule has 1 aliphatic heterocycles. The lowest BCUT2D eigenvalue weighted by molar-refractivity contribution is -0.112. The van der Waals surface area contributed by atoms with E-state index in [1.807, 2.05) is 0 Å². The summed E-state index contributed by atoms with van der Waals surface area (Å²) in [6.07, 6.45) is 5.56. The Morgan fingerprint density at radius 2 is 2.07 bits per heavy atom. The molecule has 0 aromatic carbocycles. The van der Waals surface area contributed by atoms with Crippen molar-refractivity contribution in [3.63, 3.8) is 0 Å². The topological polar surface area (TPSA) is 29.5 Å². The molecule has 0 radical (unpaired) electrons. The number of piperidine rings is 1. The van der Waals surface area contributed by atoms with E-state index in [4.69, 9.17) is 4.74 Å². The molecule has 0 unspecified atom stereocenters. The van der Waals surface area contributed by atoms with E-state index in [-0.39, 0.29) is 0 Å². The summed E-state index contributed by atoms with van der Waals surface area (Å²) in [5.41, 5.74) is 0. The molecule has 0 amide bonds. The van der Waals surface area contributed by atoms with Crippen molar-refractivity contribution in [2.24, 2.45) is 5.92 Å². The van der Waals surface area contributed by atoms with Gasteiger partial charge in [0.1, 0.15) is 6.29 Å². The average Bonchev–Trinajstić information content (AvgIpc) is 2.25. The molecular weight excluding hydrogens is 178 g/mol. The van der Waals surface area contributed by atoms with Crippen molar-refractivity contribution in [3.8, 4) is 0 Å². The van der Waals surface area contributed by atoms with Gasteiger partial charge in [0.2, 0.25) is 0 Å². The first-order valence-electron chi connectivity index (χ1n) is 5.53. The first kappa shape index (κ1) is 11.7. The number of carbonyl (C=O) groups is 1. The van der Waals surface area contributed by atoms with Crippen molar-refractivity contribution >= 4 is 6.29 Å². The maximum absolute atomic E-state index is 10.5. The van der Waals surface area contributed by atoms with Crippen LogP contribution in [-0.4, -0.2) is 44.5 Å². The zero-order chi connectivity index (χ0) is 10.2. The van der Waals surface area contributed by atoms with Gasteiger partial charge >= 0.3 is 0 Å². The Labute approximate surface area is 86.4 Å². The maximum Gasteiger partial charge on any atom is 0.123 e. The molecule has 1 heterocycles. The summed E-state index contributed by atoms with van der Waals surface area (Å²) < 4.78 is 5.00. The van der Waals surface area contributed by atoms with Gasteiger partial charge in [0.15, 0.2) is 0 Å². The van der Waals surface area contributed by atoms with Gasteiger partial charge in [0, 0.05) is 19.6 Å². The van der Waals surface area contributed by atoms with E-state index < -0.39 is 0 Å². The number of carbonyl (C=O) groups excluding carboxylic acids is 1. The minimum absolute atomic E-state index is 0.324. The van der Waals surface area contributed by atoms with Crippen molar-refractivity contribution in [2.75, 3.05) is 33.4 Å². The number of hydrogen-bond donors (Lipinski definition) is 0. The van der Waals surface area contributed by atoms with Crippen LogP contribution in [0.1, 0.15) is 25.7 Å². The summed E-state index contributed by atoms with van der Waals surface area (Å²) in [6, 6.07) is 0. The highest BCUT2D eigenvalue weighted by atomic mass is 16.5. The van der Waals surface area contributed by atoms with Crippen LogP contribution in [0.25, 0.3) is 0 Å². The summed E-state index contributed by atoms with van der Waals surface area (Å²) in [6.45, 7) is 4.21. The number of hydrogen-bond acceptors (Lipinski definition) is 3. The lowest BCUT2D eigenvalue weighted by Crippen LogP contribution is -2.34. The van der Waals surface area contributed by atoms with Crippen LogP contribution < -0.4 is 0 Å². The molecule has 0 aliphatic carbocycles. The van der Waals surface area contributed by atoms with Crippen molar-refractivity contribution in [1.29, 1.82) is 0 Å². The van der Waals surface area contributed by atoms with E-state index in [0.717, 1.165) is 51.8 Å². The second kappa shape index (κ2) is 6.96. The van der Waals surface area contributed by atoms with Gasteiger partial charge in [-0.25, -0.2) is 0 Å². The molecule has 1 saturated heterocycles. The largest absolute Gasteiger partial charge is 0.385 e. The fourth-order valence-electron chi connectivity index (χ4n) is 1.89. The fourth-order valence-corrected chi connectivity index (χ4v) is 1.89. The van der Waals surface area contributed by atoms with E-state index in [0.29, 0.717) is 5.92 Å². The van der Waals surface area contributed by atoms with Crippen molar-refractivity contribution in [2.45, 2.75) is 25.7 Å². The highest BCUT2D eigenvalue weighted by Gasteiger charge is 2.17. The molecule has 3 nitrogen and oxygen atoms in total. The molecule has 82 valence electrons. The third kappa shape index (κ3) is 4.20. The average molecular weight is 199 g/mol. The molecule has 0 N–H and O–H groups in total. The lowest BCUT2D eigenvalue weighted by atomic mass is 9.98. The monoisotopic (exact) mass is 199 g/mol. The third-order valence-corrected chi connectivity index (χ3v) is 2.90. The standard InChI is InChI=1S/C11H21NO2/c1-14-9-3-2-6-12-7-4-11(10-13)5-8-12/h10-11H,2-9H2,1H3. The number of likely N-dealkylation sites (tertiary alicyclic amines) is 1. The molecule has 1 rings (SSSR count). The molecular formula is C11H21NO2. The zero-order valence-corrected chi connectivity index (χ0v) is 9.08. The molecule has 0 aromatic rings. The third-order valence-electron chi connectivity index (χ3n) is 2.90. The molecule has 0 bridgehead atoms. The number of methoxy groups -OCH3 is 1. The van der Waals surface area contributed by atoms with Crippen molar-refractivity contribution in [3.05, 3.63) is 0 Å². The number of nitrogens with zero attached hydrogens (tertiary/aromatic N) is 1. The van der Waals surface area contributed by atoms with Crippen LogP contribution in [0, 0.1) is 5.92 Å². The van der Waals surface area contributed by atoms with Crippen LogP contribution in [-0.2, 0) is 9.53 Å². The molecule has 14 heavy (non-hydrogen) atoms. The van der Waals surface area contributed by atoms with Gasteiger partial charge in [0.05, 0.1) is 0 Å². The number of aldehydes is 1. The van der Waals surface area contributed by atoms with Crippen LogP contribution in [0.2, 0.25) is 0 Å². The van der Waals surface area contributed by atoms with Gasteiger partial charge in [-0.3, -0.25) is 0 Å². The van der Waals surface area contributed by atoms with Gasteiger partial charge in [-0.2, -0.15) is 0 Å². The normalized spacial score (nSPS) is 19.8. The molecule has 0 spiro atoms. The molecule has 3 heteroatoms. The second-order valence-corrected chi connectivity index (χ2v) is 4.02. The summed E-state index contributed by atoms with van der Waals surface area (Å²) in [5.74, 6) is 0.324. The quantitative estimate of drug-likeness (QED) is 0.477. The molecule has 1 fully saturated rings. The van der Waals surface area contributed by atoms with Crippen molar-refractivity contribution < 1.29 is 9.53 Å². The number of unbranched alkanes of at least 4 members (excludes halogenated alkanes) is 1. The highest BCUT2D eigenvalue weighted by molar-refractivity contribution is 5.53. The van der Waals surface area contributed by atoms with E-state index in [2.05, 4.69) is 4.90 Å². The second-order valence-electron chi connectivity index (χ2n) is 4.02. The van der Waals surface area contributed by atoms with E-state index in [1.165, 1.54) is 6.42 Å². The van der Waals surface area contributed by atoms with Crippen LogP contribution in [0.5, 0.6) is 0 Å². The first-order valence-corrected chi connectivity index (χ1v) is 5.53. The predicted octanol–water partition coefficient (Wildman–Crippen LogP) is 1.32. The minimum atomic E-state index is 0.324. The number of ether oxygens (including phenoxy) is 1. The van der Waals surface area contributed by atoms with E-state index in [9.17, 15) is 4.79 Å². The van der Waals surface area contributed by atoms with Gasteiger partial charge in [-0.05, 0) is 45.3 Å². The summed E-state index contributed by atoms with van der Waals surface area (Å²) in [4.78, 5) is 13.0. The van der Waals surface area contributed by atoms with Gasteiger partial charge < -0.3 is 14.4 Å². The van der Waals surface area contributed by atoms with E-state index >= 15 is 0 Å². The zero-order valence-electron chi connectivity index (χ0n) is 9.08. The Morgan fingerprint density at radius 1 is 1.36 bits per heavy atom. The Bertz CT molecular complexity index is 153. The van der Waals surface area contributed by atoms with Crippen LogP contribution in [0.15, 0.2) is 0 Å². The molecule has 0 atom stereocenters. The van der Waals surface area contributed by atoms with E-state index in [1.54, 1.807) is 7.11 Å². The molecule has 0 aromatic heterocycles. The lowest BCUT2D eigenvalue weighted by Gasteiger charge is -2.29. The Balaban J connectivity index is 2.01. The number of rotatable bonds is 6. The van der Waals surface area contributed by atoms with Gasteiger partial charge in [0.25, 0.3) is 0 Å². The van der Waals surface area contributed by atoms with Crippen LogP contribution in [0.4, 0.5) is 0 Å². The summed E-state index contributed by atoms with van der Waals surface area (Å²) in [5, 5.41) is 0. The summed E-state index contributed by atoms with van der Waals surface area (Å²) >= 11 is 0. The maximum atomic E-state index is 10.5.